The molecule has 4 nitrogen and oxygen atoms in total. The van der Waals surface area contributed by atoms with Crippen molar-refractivity contribution in [3.8, 4) is 51.1 Å². The molecule has 1 aliphatic heterocycles. The zero-order chi connectivity index (χ0) is 33.1. The van der Waals surface area contributed by atoms with Gasteiger partial charge in [-0.25, -0.2) is 9.97 Å². The first-order valence-corrected chi connectivity index (χ1v) is 17.1. The number of rotatable bonds is 4. The van der Waals surface area contributed by atoms with E-state index in [9.17, 15) is 5.26 Å². The van der Waals surface area contributed by atoms with Crippen molar-refractivity contribution in [2.75, 3.05) is 0 Å². The summed E-state index contributed by atoms with van der Waals surface area (Å²) in [4.78, 5) is 12.6. The maximum atomic E-state index is 9.51. The minimum atomic E-state index is -0.229. The SMILES string of the molecule is CC1(C)c2ccc(C#N)cc2Sc2ccc(-c3ccccc3-c3cc(-c4ccc5c(c4)oc4ccccc45)nc(-c4ccccc4)n3)cc21. The highest BCUT2D eigenvalue weighted by Gasteiger charge is 2.33. The van der Waals surface area contributed by atoms with Gasteiger partial charge in [0.05, 0.1) is 23.0 Å². The Balaban J connectivity index is 1.19. The molecule has 6 aromatic carbocycles. The lowest BCUT2D eigenvalue weighted by atomic mass is 9.76. The number of hydrogen-bond acceptors (Lipinski definition) is 5. The van der Waals surface area contributed by atoms with E-state index in [1.165, 1.54) is 16.0 Å². The molecule has 5 heteroatoms. The molecular weight excluding hydrogens is 619 g/mol. The van der Waals surface area contributed by atoms with Crippen LogP contribution in [0.4, 0.5) is 0 Å². The third-order valence-electron chi connectivity index (χ3n) is 9.60. The summed E-state index contributed by atoms with van der Waals surface area (Å²) in [7, 11) is 0. The fourth-order valence-electron chi connectivity index (χ4n) is 7.02. The molecule has 1 aliphatic rings. The lowest BCUT2D eigenvalue weighted by Crippen LogP contribution is -2.23. The Morgan fingerprint density at radius 3 is 2.16 bits per heavy atom. The van der Waals surface area contributed by atoms with E-state index in [2.05, 4.69) is 111 Å². The number of nitriles is 1. The minimum Gasteiger partial charge on any atom is -0.456 e. The van der Waals surface area contributed by atoms with Crippen LogP contribution < -0.4 is 0 Å². The van der Waals surface area contributed by atoms with Crippen LogP contribution >= 0.6 is 11.8 Å². The number of fused-ring (bicyclic) bond motifs is 5. The van der Waals surface area contributed by atoms with Crippen molar-refractivity contribution in [1.82, 2.24) is 9.97 Å². The standard InChI is InChI=1S/C44H29N3OS/c1-44(2)35-20-16-27(26-45)22-42(35)49-41-21-18-29(23-36(41)44)31-12-6-7-13-32(31)38-25-37(46-43(47-38)28-10-4-3-5-11-28)30-17-19-34-33-14-8-9-15-39(33)48-40(34)24-30/h3-25H,1-2H3. The number of furan rings is 1. The maximum Gasteiger partial charge on any atom is 0.160 e. The van der Waals surface area contributed by atoms with Gasteiger partial charge in [-0.05, 0) is 70.8 Å². The number of benzene rings is 6. The molecule has 0 bridgehead atoms. The predicted molar refractivity (Wildman–Crippen MR) is 198 cm³/mol. The van der Waals surface area contributed by atoms with Gasteiger partial charge in [-0.2, -0.15) is 5.26 Å². The molecule has 232 valence electrons. The fraction of sp³-hybridized carbons (Fsp3) is 0.0682. The summed E-state index contributed by atoms with van der Waals surface area (Å²) in [6, 6.07) is 50.3. The molecule has 0 fully saturated rings. The second-order valence-corrected chi connectivity index (χ2v) is 14.0. The van der Waals surface area contributed by atoms with Crippen LogP contribution in [0.3, 0.4) is 0 Å². The molecule has 0 atom stereocenters. The highest BCUT2D eigenvalue weighted by Crippen LogP contribution is 2.50. The van der Waals surface area contributed by atoms with Crippen LogP contribution in [0, 0.1) is 11.3 Å². The fourth-order valence-corrected chi connectivity index (χ4v) is 8.44. The van der Waals surface area contributed by atoms with Gasteiger partial charge in [0.15, 0.2) is 5.82 Å². The Labute approximate surface area is 288 Å². The molecule has 0 N–H and O–H groups in total. The summed E-state index contributed by atoms with van der Waals surface area (Å²) in [6.07, 6.45) is 0. The molecule has 8 aromatic rings. The first-order chi connectivity index (χ1) is 24.0. The van der Waals surface area contributed by atoms with Gasteiger partial charge < -0.3 is 4.42 Å². The number of para-hydroxylation sites is 1. The Kier molecular flexibility index (Phi) is 6.75. The van der Waals surface area contributed by atoms with Crippen LogP contribution in [0.1, 0.15) is 30.5 Å². The van der Waals surface area contributed by atoms with Crippen LogP contribution in [-0.4, -0.2) is 9.97 Å². The van der Waals surface area contributed by atoms with Gasteiger partial charge in [0.25, 0.3) is 0 Å². The average Bonchev–Trinajstić information content (AvgIpc) is 3.53. The quantitative estimate of drug-likeness (QED) is 0.190. The second-order valence-electron chi connectivity index (χ2n) is 12.9. The molecule has 0 spiro atoms. The van der Waals surface area contributed by atoms with E-state index in [0.717, 1.165) is 66.0 Å². The normalized spacial score (nSPS) is 13.2. The van der Waals surface area contributed by atoms with Crippen LogP contribution in [-0.2, 0) is 5.41 Å². The highest BCUT2D eigenvalue weighted by molar-refractivity contribution is 7.99. The van der Waals surface area contributed by atoms with E-state index in [-0.39, 0.29) is 5.41 Å². The molecular formula is C44H29N3OS. The summed E-state index contributed by atoms with van der Waals surface area (Å²) >= 11 is 1.74. The topological polar surface area (TPSA) is 62.7 Å². The van der Waals surface area contributed by atoms with Crippen molar-refractivity contribution in [2.45, 2.75) is 29.1 Å². The second kappa shape index (κ2) is 11.3. The number of hydrogen-bond donors (Lipinski definition) is 0. The van der Waals surface area contributed by atoms with Crippen molar-refractivity contribution in [3.05, 3.63) is 156 Å². The Bertz CT molecular complexity index is 2630. The van der Waals surface area contributed by atoms with Crippen molar-refractivity contribution in [2.24, 2.45) is 0 Å². The Morgan fingerprint density at radius 2 is 1.31 bits per heavy atom. The molecule has 9 rings (SSSR count). The summed E-state index contributed by atoms with van der Waals surface area (Å²) in [5.41, 5.74) is 11.6. The van der Waals surface area contributed by atoms with Gasteiger partial charge in [-0.1, -0.05) is 117 Å². The molecule has 2 aromatic heterocycles. The third-order valence-corrected chi connectivity index (χ3v) is 10.7. The highest BCUT2D eigenvalue weighted by atomic mass is 32.2. The summed E-state index contributed by atoms with van der Waals surface area (Å²) in [5, 5.41) is 11.7. The van der Waals surface area contributed by atoms with E-state index in [1.807, 2.05) is 48.5 Å². The van der Waals surface area contributed by atoms with Gasteiger partial charge in [-0.3, -0.25) is 0 Å². The van der Waals surface area contributed by atoms with E-state index in [1.54, 1.807) is 11.8 Å². The van der Waals surface area contributed by atoms with Crippen LogP contribution in [0.25, 0.3) is 67.0 Å². The van der Waals surface area contributed by atoms with Gasteiger partial charge in [0, 0.05) is 42.7 Å². The minimum absolute atomic E-state index is 0.229. The van der Waals surface area contributed by atoms with Crippen LogP contribution in [0.2, 0.25) is 0 Å². The zero-order valence-electron chi connectivity index (χ0n) is 26.9. The van der Waals surface area contributed by atoms with Crippen molar-refractivity contribution in [3.63, 3.8) is 0 Å². The molecule has 0 radical (unpaired) electrons. The summed E-state index contributed by atoms with van der Waals surface area (Å²) in [5.74, 6) is 0.670. The number of nitrogens with zero attached hydrogens (tertiary/aromatic N) is 3. The first-order valence-electron chi connectivity index (χ1n) is 16.3. The molecule has 49 heavy (non-hydrogen) atoms. The maximum absolute atomic E-state index is 9.51. The average molecular weight is 648 g/mol. The summed E-state index contributed by atoms with van der Waals surface area (Å²) in [6.45, 7) is 4.54. The van der Waals surface area contributed by atoms with E-state index in [0.29, 0.717) is 11.4 Å². The molecule has 0 unspecified atom stereocenters. The monoisotopic (exact) mass is 647 g/mol. The predicted octanol–water partition coefficient (Wildman–Crippen LogP) is 11.7. The van der Waals surface area contributed by atoms with Crippen molar-refractivity contribution in [1.29, 1.82) is 5.26 Å². The van der Waals surface area contributed by atoms with E-state index < -0.39 is 0 Å². The smallest absolute Gasteiger partial charge is 0.160 e. The largest absolute Gasteiger partial charge is 0.456 e. The molecule has 0 saturated carbocycles. The third kappa shape index (κ3) is 4.92. The van der Waals surface area contributed by atoms with Gasteiger partial charge >= 0.3 is 0 Å². The lowest BCUT2D eigenvalue weighted by molar-refractivity contribution is 0.607. The Hall–Kier alpha value is -5.96. The van der Waals surface area contributed by atoms with Crippen LogP contribution in [0.15, 0.2) is 154 Å². The van der Waals surface area contributed by atoms with Crippen molar-refractivity contribution >= 4 is 33.7 Å². The van der Waals surface area contributed by atoms with E-state index >= 15 is 0 Å². The van der Waals surface area contributed by atoms with Gasteiger partial charge in [0.1, 0.15) is 11.2 Å². The zero-order valence-corrected chi connectivity index (χ0v) is 27.8. The molecule has 0 saturated heterocycles. The number of aromatic nitrogens is 2. The van der Waals surface area contributed by atoms with Gasteiger partial charge in [0.2, 0.25) is 0 Å². The lowest BCUT2D eigenvalue weighted by Gasteiger charge is -2.35. The Morgan fingerprint density at radius 1 is 0.571 bits per heavy atom. The first kappa shape index (κ1) is 29.2. The van der Waals surface area contributed by atoms with Crippen molar-refractivity contribution < 1.29 is 4.42 Å². The van der Waals surface area contributed by atoms with Gasteiger partial charge in [-0.15, -0.1) is 0 Å². The van der Waals surface area contributed by atoms with E-state index in [4.69, 9.17) is 14.4 Å². The molecule has 0 amide bonds. The molecule has 3 heterocycles. The molecule has 0 aliphatic carbocycles. The van der Waals surface area contributed by atoms with Crippen LogP contribution in [0.5, 0.6) is 0 Å². The summed E-state index contributed by atoms with van der Waals surface area (Å²) < 4.78 is 6.26.